The van der Waals surface area contributed by atoms with Gasteiger partial charge in [0, 0.05) is 11.1 Å². The van der Waals surface area contributed by atoms with Gasteiger partial charge in [-0.25, -0.2) is 4.39 Å². The highest BCUT2D eigenvalue weighted by Gasteiger charge is 2.35. The fourth-order valence-electron chi connectivity index (χ4n) is 2.60. The summed E-state index contributed by atoms with van der Waals surface area (Å²) in [5, 5.41) is 0. The molecule has 1 aromatic rings. The van der Waals surface area contributed by atoms with Gasteiger partial charge in [-0.2, -0.15) is 0 Å². The number of hydrogen-bond acceptors (Lipinski definition) is 3. The van der Waals surface area contributed by atoms with Gasteiger partial charge < -0.3 is 15.2 Å². The summed E-state index contributed by atoms with van der Waals surface area (Å²) >= 11 is 0. The van der Waals surface area contributed by atoms with E-state index in [1.165, 1.54) is 20.3 Å². The predicted octanol–water partition coefficient (Wildman–Crippen LogP) is 2.57. The van der Waals surface area contributed by atoms with Crippen LogP contribution in [0.3, 0.4) is 0 Å². The van der Waals surface area contributed by atoms with Crippen LogP contribution in [0, 0.1) is 5.82 Å². The van der Waals surface area contributed by atoms with E-state index in [1.54, 1.807) is 6.07 Å². The van der Waals surface area contributed by atoms with Gasteiger partial charge in [-0.1, -0.05) is 18.9 Å². The van der Waals surface area contributed by atoms with Crippen molar-refractivity contribution in [3.05, 3.63) is 23.5 Å². The Morgan fingerprint density at radius 1 is 1.12 bits per heavy atom. The number of rotatable bonds is 3. The lowest BCUT2D eigenvalue weighted by Crippen LogP contribution is -2.33. The second-order valence-electron chi connectivity index (χ2n) is 4.52. The summed E-state index contributed by atoms with van der Waals surface area (Å²) in [7, 11) is 2.95. The maximum Gasteiger partial charge on any atom is 0.197 e. The first-order valence-corrected chi connectivity index (χ1v) is 5.82. The number of benzene rings is 1. The van der Waals surface area contributed by atoms with Gasteiger partial charge in [-0.3, -0.25) is 0 Å². The van der Waals surface area contributed by atoms with Crippen molar-refractivity contribution in [3.63, 3.8) is 0 Å². The van der Waals surface area contributed by atoms with Crippen molar-refractivity contribution in [2.75, 3.05) is 14.2 Å². The number of hydrogen-bond donors (Lipinski definition) is 1. The van der Waals surface area contributed by atoms with E-state index in [0.29, 0.717) is 5.75 Å². The van der Waals surface area contributed by atoms with Crippen molar-refractivity contribution >= 4 is 0 Å². The smallest absolute Gasteiger partial charge is 0.197 e. The Hall–Kier alpha value is -1.29. The van der Waals surface area contributed by atoms with Gasteiger partial charge in [0.15, 0.2) is 17.3 Å². The Kier molecular flexibility index (Phi) is 3.24. The van der Waals surface area contributed by atoms with Crippen LogP contribution in [0.25, 0.3) is 0 Å². The normalized spacial score (nSPS) is 18.1. The highest BCUT2D eigenvalue weighted by atomic mass is 19.1. The Balaban J connectivity index is 2.54. The van der Waals surface area contributed by atoms with Crippen molar-refractivity contribution in [3.8, 4) is 11.5 Å². The molecule has 3 nitrogen and oxygen atoms in total. The van der Waals surface area contributed by atoms with Gasteiger partial charge in [0.2, 0.25) is 0 Å². The van der Waals surface area contributed by atoms with Crippen LogP contribution in [0.4, 0.5) is 4.39 Å². The molecule has 0 saturated heterocycles. The minimum Gasteiger partial charge on any atom is -0.492 e. The lowest BCUT2D eigenvalue weighted by atomic mass is 9.88. The third-order valence-corrected chi connectivity index (χ3v) is 3.50. The van der Waals surface area contributed by atoms with E-state index in [9.17, 15) is 4.39 Å². The van der Waals surface area contributed by atoms with Gasteiger partial charge in [0.05, 0.1) is 14.2 Å². The Labute approximate surface area is 101 Å². The summed E-state index contributed by atoms with van der Waals surface area (Å²) in [4.78, 5) is 0. The second-order valence-corrected chi connectivity index (χ2v) is 4.52. The minimum absolute atomic E-state index is 0.140. The highest BCUT2D eigenvalue weighted by molar-refractivity contribution is 5.51. The van der Waals surface area contributed by atoms with Crippen molar-refractivity contribution in [1.29, 1.82) is 0 Å². The molecule has 1 aliphatic carbocycles. The number of ether oxygens (including phenoxy) is 2. The molecule has 17 heavy (non-hydrogen) atoms. The third-order valence-electron chi connectivity index (χ3n) is 3.50. The fraction of sp³-hybridized carbons (Fsp3) is 0.538. The standard InChI is InChI=1S/C13H18FNO2/c1-16-11-9(13(15)7-3-4-8-13)5-6-10(14)12(11)17-2/h5-6H,3-4,7-8,15H2,1-2H3. The molecule has 4 heteroatoms. The van der Waals surface area contributed by atoms with E-state index in [4.69, 9.17) is 15.2 Å². The number of methoxy groups -OCH3 is 2. The first-order chi connectivity index (χ1) is 8.12. The van der Waals surface area contributed by atoms with E-state index in [-0.39, 0.29) is 5.75 Å². The van der Waals surface area contributed by atoms with Crippen LogP contribution in [0.5, 0.6) is 11.5 Å². The molecule has 2 N–H and O–H groups in total. The zero-order valence-electron chi connectivity index (χ0n) is 10.3. The van der Waals surface area contributed by atoms with Gasteiger partial charge in [0.1, 0.15) is 0 Å². The fourth-order valence-corrected chi connectivity index (χ4v) is 2.60. The first kappa shape index (κ1) is 12.2. The van der Waals surface area contributed by atoms with Crippen molar-refractivity contribution < 1.29 is 13.9 Å². The molecule has 1 aromatic carbocycles. The summed E-state index contributed by atoms with van der Waals surface area (Å²) in [6, 6.07) is 3.10. The molecule has 2 rings (SSSR count). The summed E-state index contributed by atoms with van der Waals surface area (Å²) in [5.41, 5.74) is 6.81. The Bertz CT molecular complexity index is 414. The van der Waals surface area contributed by atoms with Crippen LogP contribution in [0.2, 0.25) is 0 Å². The van der Waals surface area contributed by atoms with Gasteiger partial charge in [0.25, 0.3) is 0 Å². The Morgan fingerprint density at radius 3 is 2.24 bits per heavy atom. The summed E-state index contributed by atoms with van der Waals surface area (Å²) in [5.74, 6) is 0.147. The monoisotopic (exact) mass is 239 g/mol. The molecule has 94 valence electrons. The van der Waals surface area contributed by atoms with E-state index in [1.807, 2.05) is 0 Å². The van der Waals surface area contributed by atoms with Crippen LogP contribution in [-0.4, -0.2) is 14.2 Å². The molecule has 0 atom stereocenters. The predicted molar refractivity (Wildman–Crippen MR) is 63.8 cm³/mol. The molecule has 0 unspecified atom stereocenters. The van der Waals surface area contributed by atoms with E-state index >= 15 is 0 Å². The van der Waals surface area contributed by atoms with Crippen molar-refractivity contribution in [1.82, 2.24) is 0 Å². The molecule has 1 aliphatic rings. The van der Waals surface area contributed by atoms with Crippen LogP contribution in [-0.2, 0) is 5.54 Å². The summed E-state index contributed by atoms with van der Waals surface area (Å²) < 4.78 is 23.9. The lowest BCUT2D eigenvalue weighted by molar-refractivity contribution is 0.323. The van der Waals surface area contributed by atoms with E-state index < -0.39 is 11.4 Å². The van der Waals surface area contributed by atoms with Gasteiger partial charge in [-0.15, -0.1) is 0 Å². The third kappa shape index (κ3) is 1.97. The molecule has 0 bridgehead atoms. The molecule has 0 spiro atoms. The van der Waals surface area contributed by atoms with E-state index in [2.05, 4.69) is 0 Å². The van der Waals surface area contributed by atoms with Crippen LogP contribution in [0.15, 0.2) is 12.1 Å². The molecular formula is C13H18FNO2. The minimum atomic E-state index is -0.422. The molecule has 0 heterocycles. The zero-order chi connectivity index (χ0) is 12.5. The second kappa shape index (κ2) is 4.53. The largest absolute Gasteiger partial charge is 0.492 e. The SMILES string of the molecule is COc1c(F)ccc(C2(N)CCCC2)c1OC. The molecule has 1 fully saturated rings. The topological polar surface area (TPSA) is 44.5 Å². The molecule has 0 amide bonds. The zero-order valence-corrected chi connectivity index (χ0v) is 10.3. The summed E-state index contributed by atoms with van der Waals surface area (Å²) in [6.45, 7) is 0. The number of nitrogens with two attached hydrogens (primary N) is 1. The molecule has 1 saturated carbocycles. The van der Waals surface area contributed by atoms with Crippen molar-refractivity contribution in [2.45, 2.75) is 31.2 Å². The first-order valence-electron chi connectivity index (χ1n) is 5.82. The average molecular weight is 239 g/mol. The highest BCUT2D eigenvalue weighted by Crippen LogP contribution is 2.44. The number of halogens is 1. The van der Waals surface area contributed by atoms with Gasteiger partial charge in [-0.05, 0) is 18.9 Å². The molecule has 0 aliphatic heterocycles. The van der Waals surface area contributed by atoms with E-state index in [0.717, 1.165) is 31.2 Å². The molecule has 0 aromatic heterocycles. The summed E-state index contributed by atoms with van der Waals surface area (Å²) in [6.07, 6.45) is 4.00. The molecular weight excluding hydrogens is 221 g/mol. The van der Waals surface area contributed by atoms with Crippen LogP contribution < -0.4 is 15.2 Å². The van der Waals surface area contributed by atoms with Crippen molar-refractivity contribution in [2.24, 2.45) is 5.73 Å². The van der Waals surface area contributed by atoms with Crippen LogP contribution in [0.1, 0.15) is 31.2 Å². The average Bonchev–Trinajstić information content (AvgIpc) is 2.76. The quantitative estimate of drug-likeness (QED) is 0.881. The molecule has 0 radical (unpaired) electrons. The van der Waals surface area contributed by atoms with Gasteiger partial charge >= 0.3 is 0 Å². The Morgan fingerprint density at radius 2 is 1.71 bits per heavy atom. The maximum atomic E-state index is 13.6. The maximum absolute atomic E-state index is 13.6. The lowest BCUT2D eigenvalue weighted by Gasteiger charge is -2.27. The van der Waals surface area contributed by atoms with Crippen LogP contribution >= 0.6 is 0 Å².